The predicted octanol–water partition coefficient (Wildman–Crippen LogP) is -1.78. The smallest absolute Gasteiger partial charge is 0.135 e. The molecule has 0 unspecified atom stereocenters. The minimum Gasteiger partial charge on any atom is -0.330 e. The molecule has 0 bridgehead atoms. The fourth-order valence-electron chi connectivity index (χ4n) is 0.856. The van der Waals surface area contributed by atoms with Crippen molar-refractivity contribution in [3.8, 4) is 0 Å². The molecule has 16 heavy (non-hydrogen) atoms. The first-order chi connectivity index (χ1) is 7.44. The van der Waals surface area contributed by atoms with Gasteiger partial charge in [0.1, 0.15) is 11.6 Å². The van der Waals surface area contributed by atoms with Crippen molar-refractivity contribution in [3.05, 3.63) is 0 Å². The van der Waals surface area contributed by atoms with Gasteiger partial charge in [0.05, 0.1) is 0 Å². The van der Waals surface area contributed by atoms with E-state index in [-0.39, 0.29) is 23.4 Å². The van der Waals surface area contributed by atoms with Gasteiger partial charge in [-0.2, -0.15) is 0 Å². The van der Waals surface area contributed by atoms with Crippen LogP contribution >= 0.6 is 0 Å². The lowest BCUT2D eigenvalue weighted by Gasteiger charge is -2.04. The van der Waals surface area contributed by atoms with E-state index in [1.54, 1.807) is 0 Å². The Labute approximate surface area is 96.7 Å². The van der Waals surface area contributed by atoms with Crippen LogP contribution in [0.1, 0.15) is 13.8 Å². The summed E-state index contributed by atoms with van der Waals surface area (Å²) >= 11 is 0. The molecule has 0 amide bonds. The van der Waals surface area contributed by atoms with Gasteiger partial charge in [-0.1, -0.05) is 0 Å². The van der Waals surface area contributed by atoms with Crippen molar-refractivity contribution in [1.82, 2.24) is 0 Å². The van der Waals surface area contributed by atoms with Crippen molar-refractivity contribution in [2.75, 3.05) is 26.2 Å². The topological polar surface area (TPSA) is 138 Å². The quantitative estimate of drug-likeness (QED) is 0.427. The summed E-state index contributed by atoms with van der Waals surface area (Å²) in [5.74, 6) is -0.102. The van der Waals surface area contributed by atoms with Gasteiger partial charge in [0, 0.05) is 38.0 Å². The minimum absolute atomic E-state index is 0.0787. The van der Waals surface area contributed by atoms with Crippen LogP contribution < -0.4 is 22.9 Å². The van der Waals surface area contributed by atoms with E-state index >= 15 is 0 Å². The summed E-state index contributed by atoms with van der Waals surface area (Å²) in [6.45, 7) is 4.48. The fraction of sp³-hybridized carbons (Fsp3) is 0.800. The second-order valence-corrected chi connectivity index (χ2v) is 3.56. The van der Waals surface area contributed by atoms with Gasteiger partial charge in [-0.05, 0) is 13.8 Å². The van der Waals surface area contributed by atoms with E-state index in [2.05, 4.69) is 0 Å². The Kier molecular flexibility index (Phi) is 11.7. The normalized spacial score (nSPS) is 10.0. The Morgan fingerprint density at radius 2 is 0.938 bits per heavy atom. The van der Waals surface area contributed by atoms with E-state index < -0.39 is 0 Å². The zero-order valence-corrected chi connectivity index (χ0v) is 10.1. The van der Waals surface area contributed by atoms with E-state index in [9.17, 15) is 9.59 Å². The predicted molar refractivity (Wildman–Crippen MR) is 64.6 cm³/mol. The molecule has 0 heterocycles. The molecule has 0 spiro atoms. The van der Waals surface area contributed by atoms with Crippen molar-refractivity contribution in [2.24, 2.45) is 34.8 Å². The van der Waals surface area contributed by atoms with Gasteiger partial charge in [-0.3, -0.25) is 9.59 Å². The highest BCUT2D eigenvalue weighted by Gasteiger charge is 2.08. The van der Waals surface area contributed by atoms with E-state index in [0.717, 1.165) is 0 Å². The third-order valence-electron chi connectivity index (χ3n) is 2.29. The van der Waals surface area contributed by atoms with Crippen molar-refractivity contribution in [3.63, 3.8) is 0 Å². The lowest BCUT2D eigenvalue weighted by Crippen LogP contribution is -2.28. The fourth-order valence-corrected chi connectivity index (χ4v) is 0.856. The molecule has 0 radical (unpaired) electrons. The molecule has 0 fully saturated rings. The maximum absolute atomic E-state index is 10.4. The van der Waals surface area contributed by atoms with Crippen molar-refractivity contribution in [1.29, 1.82) is 0 Å². The first-order valence-electron chi connectivity index (χ1n) is 5.25. The van der Waals surface area contributed by atoms with Crippen molar-refractivity contribution in [2.45, 2.75) is 13.8 Å². The first-order valence-corrected chi connectivity index (χ1v) is 5.25. The van der Waals surface area contributed by atoms with Crippen LogP contribution in [0.25, 0.3) is 0 Å². The zero-order chi connectivity index (χ0) is 13.1. The molecule has 6 heteroatoms. The molecular weight excluding hydrogens is 208 g/mol. The molecule has 0 aliphatic heterocycles. The van der Waals surface area contributed by atoms with Gasteiger partial charge in [0.15, 0.2) is 0 Å². The second kappa shape index (κ2) is 10.7. The lowest BCUT2D eigenvalue weighted by molar-refractivity contribution is -0.121. The monoisotopic (exact) mass is 232 g/mol. The Balaban J connectivity index is 0. The molecule has 8 N–H and O–H groups in total. The lowest BCUT2D eigenvalue weighted by atomic mass is 10.1. The first kappa shape index (κ1) is 17.6. The van der Waals surface area contributed by atoms with Crippen LogP contribution in [0.2, 0.25) is 0 Å². The van der Waals surface area contributed by atoms with Gasteiger partial charge in [-0.15, -0.1) is 0 Å². The number of hydrogen-bond donors (Lipinski definition) is 4. The highest BCUT2D eigenvalue weighted by Crippen LogP contribution is 1.90. The second-order valence-electron chi connectivity index (χ2n) is 3.56. The average Bonchev–Trinajstić information content (AvgIpc) is 2.21. The third-order valence-corrected chi connectivity index (χ3v) is 2.29. The van der Waals surface area contributed by atoms with Gasteiger partial charge >= 0.3 is 0 Å². The molecule has 0 atom stereocenters. The number of carbonyl (C=O) groups is 2. The van der Waals surface area contributed by atoms with Crippen molar-refractivity contribution >= 4 is 11.6 Å². The van der Waals surface area contributed by atoms with Crippen LogP contribution in [0, 0.1) is 11.8 Å². The summed E-state index contributed by atoms with van der Waals surface area (Å²) in [6, 6.07) is 0. The molecular formula is C10H24N4O2. The Bertz CT molecular complexity index is 179. The summed E-state index contributed by atoms with van der Waals surface area (Å²) in [6.07, 6.45) is 0. The average molecular weight is 232 g/mol. The van der Waals surface area contributed by atoms with Crippen LogP contribution in [0.5, 0.6) is 0 Å². The highest BCUT2D eigenvalue weighted by atomic mass is 16.1. The van der Waals surface area contributed by atoms with Gasteiger partial charge in [0.25, 0.3) is 0 Å². The molecule has 0 aromatic rings. The third kappa shape index (κ3) is 8.49. The maximum atomic E-state index is 10.4. The largest absolute Gasteiger partial charge is 0.330 e. The number of nitrogens with two attached hydrogens (primary N) is 4. The summed E-state index contributed by atoms with van der Waals surface area (Å²) in [5.41, 5.74) is 20.7. The Morgan fingerprint density at radius 1 is 0.750 bits per heavy atom. The van der Waals surface area contributed by atoms with E-state index in [0.29, 0.717) is 26.2 Å². The van der Waals surface area contributed by atoms with Crippen LogP contribution in [0.3, 0.4) is 0 Å². The summed E-state index contributed by atoms with van der Waals surface area (Å²) in [4.78, 5) is 20.9. The number of carbonyl (C=O) groups excluding carboxylic acids is 2. The summed E-state index contributed by atoms with van der Waals surface area (Å²) in [5, 5.41) is 0. The number of hydrogen-bond acceptors (Lipinski definition) is 6. The van der Waals surface area contributed by atoms with Crippen LogP contribution in [-0.4, -0.2) is 37.7 Å². The SMILES string of the molecule is CC(=O)C(CN)CN.CC(=O)C(CN)CN. The molecule has 6 nitrogen and oxygen atoms in total. The molecule has 0 saturated carbocycles. The van der Waals surface area contributed by atoms with Gasteiger partial charge < -0.3 is 22.9 Å². The minimum atomic E-state index is -0.130. The van der Waals surface area contributed by atoms with E-state index in [4.69, 9.17) is 22.9 Å². The van der Waals surface area contributed by atoms with Crippen LogP contribution in [-0.2, 0) is 9.59 Å². The van der Waals surface area contributed by atoms with E-state index in [1.165, 1.54) is 13.8 Å². The number of ketones is 2. The molecule has 0 aliphatic rings. The standard InChI is InChI=1S/2C5H12N2O/c2*1-4(8)5(2-6)3-7/h2*5H,2-3,6-7H2,1H3. The van der Waals surface area contributed by atoms with Crippen molar-refractivity contribution < 1.29 is 9.59 Å². The molecule has 0 rings (SSSR count). The summed E-state index contributed by atoms with van der Waals surface area (Å²) in [7, 11) is 0. The van der Waals surface area contributed by atoms with Gasteiger partial charge in [0.2, 0.25) is 0 Å². The summed E-state index contributed by atoms with van der Waals surface area (Å²) < 4.78 is 0. The number of Topliss-reactive ketones (excluding diaryl/α,β-unsaturated/α-hetero) is 2. The highest BCUT2D eigenvalue weighted by molar-refractivity contribution is 5.79. The molecule has 0 saturated heterocycles. The molecule has 0 aromatic carbocycles. The molecule has 0 aromatic heterocycles. The van der Waals surface area contributed by atoms with E-state index in [1.807, 2.05) is 0 Å². The molecule has 96 valence electrons. The number of rotatable bonds is 6. The maximum Gasteiger partial charge on any atom is 0.135 e. The Hall–Kier alpha value is -0.820. The van der Waals surface area contributed by atoms with Gasteiger partial charge in [-0.25, -0.2) is 0 Å². The van der Waals surface area contributed by atoms with Crippen LogP contribution in [0.4, 0.5) is 0 Å². The molecule has 0 aliphatic carbocycles. The zero-order valence-electron chi connectivity index (χ0n) is 10.1. The Morgan fingerprint density at radius 3 is 0.938 bits per heavy atom. The van der Waals surface area contributed by atoms with Crippen LogP contribution in [0.15, 0.2) is 0 Å².